The third-order valence-corrected chi connectivity index (χ3v) is 3.82. The molecule has 0 spiro atoms. The second-order valence-corrected chi connectivity index (χ2v) is 5.63. The summed E-state index contributed by atoms with van der Waals surface area (Å²) >= 11 is 0. The highest BCUT2D eigenvalue weighted by molar-refractivity contribution is 5.38. The molecule has 1 fully saturated rings. The molecule has 110 valence electrons. The minimum Gasteiger partial charge on any atom is -0.363 e. The van der Waals surface area contributed by atoms with Crippen LogP contribution in [0.3, 0.4) is 0 Å². The second-order valence-electron chi connectivity index (χ2n) is 5.63. The molecule has 0 N–H and O–H groups in total. The van der Waals surface area contributed by atoms with Crippen LogP contribution in [0.25, 0.3) is 0 Å². The summed E-state index contributed by atoms with van der Waals surface area (Å²) in [5, 5.41) is 0. The Bertz CT molecular complexity index is 586. The number of hydrogen-bond donors (Lipinski definition) is 0. The number of rotatable bonds is 4. The van der Waals surface area contributed by atoms with E-state index in [1.807, 2.05) is 25.2 Å². The normalized spacial score (nSPS) is 18.0. The van der Waals surface area contributed by atoms with Gasteiger partial charge in [-0.3, -0.25) is 4.98 Å². The summed E-state index contributed by atoms with van der Waals surface area (Å²) in [6.07, 6.45) is 9.09. The SMILES string of the molecule is CN(C)c1cc(CC2CCN(c3cnccn3)C2)ncn1. The smallest absolute Gasteiger partial charge is 0.147 e. The minimum absolute atomic E-state index is 0.608. The van der Waals surface area contributed by atoms with Gasteiger partial charge in [0.25, 0.3) is 0 Å². The molecule has 0 saturated carbocycles. The molecule has 3 heterocycles. The van der Waals surface area contributed by atoms with E-state index in [2.05, 4.69) is 30.9 Å². The molecule has 1 aliphatic rings. The molecule has 21 heavy (non-hydrogen) atoms. The monoisotopic (exact) mass is 284 g/mol. The van der Waals surface area contributed by atoms with Gasteiger partial charge in [0, 0.05) is 51.3 Å². The molecule has 0 bridgehead atoms. The molecule has 0 amide bonds. The zero-order valence-corrected chi connectivity index (χ0v) is 12.5. The second kappa shape index (κ2) is 6.03. The summed E-state index contributed by atoms with van der Waals surface area (Å²) in [4.78, 5) is 21.5. The summed E-state index contributed by atoms with van der Waals surface area (Å²) < 4.78 is 0. The van der Waals surface area contributed by atoms with Crippen LogP contribution in [0.1, 0.15) is 12.1 Å². The van der Waals surface area contributed by atoms with Gasteiger partial charge in [0.15, 0.2) is 0 Å². The van der Waals surface area contributed by atoms with E-state index in [-0.39, 0.29) is 0 Å². The van der Waals surface area contributed by atoms with E-state index in [9.17, 15) is 0 Å². The molecular weight excluding hydrogens is 264 g/mol. The fourth-order valence-corrected chi connectivity index (χ4v) is 2.70. The number of hydrogen-bond acceptors (Lipinski definition) is 6. The molecule has 6 heteroatoms. The first-order chi connectivity index (χ1) is 10.2. The molecular formula is C15H20N6. The quantitative estimate of drug-likeness (QED) is 0.846. The van der Waals surface area contributed by atoms with Crippen molar-refractivity contribution >= 4 is 11.6 Å². The van der Waals surface area contributed by atoms with Crippen LogP contribution in [-0.2, 0) is 6.42 Å². The molecule has 2 aromatic heterocycles. The molecule has 2 aromatic rings. The largest absolute Gasteiger partial charge is 0.363 e. The fraction of sp³-hybridized carbons (Fsp3) is 0.467. The van der Waals surface area contributed by atoms with Crippen molar-refractivity contribution in [1.29, 1.82) is 0 Å². The standard InChI is InChI=1S/C15H20N6/c1-20(2)14-8-13(18-11-19-14)7-12-3-6-21(10-12)15-9-16-4-5-17-15/h4-5,8-9,11-12H,3,6-7,10H2,1-2H3. The summed E-state index contributed by atoms with van der Waals surface area (Å²) in [7, 11) is 4.00. The number of anilines is 2. The Labute approximate surface area is 124 Å². The summed E-state index contributed by atoms with van der Waals surface area (Å²) in [5.41, 5.74) is 1.11. The highest BCUT2D eigenvalue weighted by atomic mass is 15.2. The molecule has 1 saturated heterocycles. The molecule has 0 radical (unpaired) electrons. The lowest BCUT2D eigenvalue weighted by Crippen LogP contribution is -2.21. The van der Waals surface area contributed by atoms with Crippen molar-refractivity contribution in [2.45, 2.75) is 12.8 Å². The van der Waals surface area contributed by atoms with Crippen molar-refractivity contribution in [1.82, 2.24) is 19.9 Å². The van der Waals surface area contributed by atoms with Gasteiger partial charge in [-0.15, -0.1) is 0 Å². The highest BCUT2D eigenvalue weighted by Crippen LogP contribution is 2.24. The fourth-order valence-electron chi connectivity index (χ4n) is 2.70. The minimum atomic E-state index is 0.608. The average Bonchev–Trinajstić information content (AvgIpc) is 2.97. The van der Waals surface area contributed by atoms with Crippen LogP contribution in [0.4, 0.5) is 11.6 Å². The van der Waals surface area contributed by atoms with Gasteiger partial charge in [-0.2, -0.15) is 0 Å². The Morgan fingerprint density at radius 3 is 2.90 bits per heavy atom. The molecule has 1 atom stereocenters. The van der Waals surface area contributed by atoms with Gasteiger partial charge in [-0.25, -0.2) is 15.0 Å². The van der Waals surface area contributed by atoms with Gasteiger partial charge in [-0.1, -0.05) is 0 Å². The van der Waals surface area contributed by atoms with Crippen LogP contribution < -0.4 is 9.80 Å². The van der Waals surface area contributed by atoms with E-state index < -0.39 is 0 Å². The van der Waals surface area contributed by atoms with E-state index in [4.69, 9.17) is 0 Å². The Hall–Kier alpha value is -2.24. The summed E-state index contributed by atoms with van der Waals surface area (Å²) in [6.45, 7) is 2.05. The maximum Gasteiger partial charge on any atom is 0.147 e. The van der Waals surface area contributed by atoms with Crippen molar-refractivity contribution in [3.63, 3.8) is 0 Å². The maximum atomic E-state index is 4.40. The van der Waals surface area contributed by atoms with Crippen LogP contribution in [0.5, 0.6) is 0 Å². The molecule has 1 unspecified atom stereocenters. The van der Waals surface area contributed by atoms with Crippen molar-refractivity contribution in [3.05, 3.63) is 36.7 Å². The van der Waals surface area contributed by atoms with Gasteiger partial charge in [0.05, 0.1) is 6.20 Å². The van der Waals surface area contributed by atoms with Crippen molar-refractivity contribution < 1.29 is 0 Å². The van der Waals surface area contributed by atoms with Gasteiger partial charge >= 0.3 is 0 Å². The Morgan fingerprint density at radius 2 is 2.14 bits per heavy atom. The third-order valence-electron chi connectivity index (χ3n) is 3.82. The molecule has 6 nitrogen and oxygen atoms in total. The third kappa shape index (κ3) is 3.26. The zero-order chi connectivity index (χ0) is 14.7. The Balaban J connectivity index is 1.63. The van der Waals surface area contributed by atoms with Crippen LogP contribution >= 0.6 is 0 Å². The highest BCUT2D eigenvalue weighted by Gasteiger charge is 2.24. The first-order valence-electron chi connectivity index (χ1n) is 7.21. The first-order valence-corrected chi connectivity index (χ1v) is 7.21. The predicted octanol–water partition coefficient (Wildman–Crippen LogP) is 1.40. The molecule has 3 rings (SSSR count). The maximum absolute atomic E-state index is 4.40. The lowest BCUT2D eigenvalue weighted by molar-refractivity contribution is 0.576. The first kappa shape index (κ1) is 13.7. The average molecular weight is 284 g/mol. The summed E-state index contributed by atoms with van der Waals surface area (Å²) in [5.74, 6) is 2.54. The van der Waals surface area contributed by atoms with E-state index in [0.29, 0.717) is 5.92 Å². The van der Waals surface area contributed by atoms with Gasteiger partial charge in [-0.05, 0) is 18.8 Å². The van der Waals surface area contributed by atoms with Crippen LogP contribution in [-0.4, -0.2) is 47.1 Å². The van der Waals surface area contributed by atoms with Gasteiger partial charge in [0.2, 0.25) is 0 Å². The van der Waals surface area contributed by atoms with E-state index in [1.165, 1.54) is 0 Å². The summed E-state index contributed by atoms with van der Waals surface area (Å²) in [6, 6.07) is 2.07. The van der Waals surface area contributed by atoms with Crippen molar-refractivity contribution in [2.24, 2.45) is 5.92 Å². The van der Waals surface area contributed by atoms with Crippen LogP contribution in [0, 0.1) is 5.92 Å². The topological polar surface area (TPSA) is 58.0 Å². The number of nitrogens with zero attached hydrogens (tertiary/aromatic N) is 6. The lowest BCUT2D eigenvalue weighted by atomic mass is 10.0. The molecule has 0 aromatic carbocycles. The molecule has 0 aliphatic carbocycles. The predicted molar refractivity (Wildman–Crippen MR) is 82.4 cm³/mol. The van der Waals surface area contributed by atoms with Crippen molar-refractivity contribution in [3.8, 4) is 0 Å². The Kier molecular flexibility index (Phi) is 3.94. The van der Waals surface area contributed by atoms with E-state index in [0.717, 1.165) is 43.3 Å². The number of aromatic nitrogens is 4. The lowest BCUT2D eigenvalue weighted by Gasteiger charge is -2.17. The zero-order valence-electron chi connectivity index (χ0n) is 12.5. The van der Waals surface area contributed by atoms with Crippen LogP contribution in [0.2, 0.25) is 0 Å². The molecule has 1 aliphatic heterocycles. The van der Waals surface area contributed by atoms with Gasteiger partial charge < -0.3 is 9.80 Å². The van der Waals surface area contributed by atoms with E-state index in [1.54, 1.807) is 18.7 Å². The van der Waals surface area contributed by atoms with Crippen molar-refractivity contribution in [2.75, 3.05) is 37.0 Å². The van der Waals surface area contributed by atoms with E-state index >= 15 is 0 Å². The van der Waals surface area contributed by atoms with Crippen LogP contribution in [0.15, 0.2) is 31.0 Å². The van der Waals surface area contributed by atoms with Gasteiger partial charge in [0.1, 0.15) is 18.0 Å². The Morgan fingerprint density at radius 1 is 1.24 bits per heavy atom.